The van der Waals surface area contributed by atoms with Gasteiger partial charge in [-0.15, -0.1) is 0 Å². The molecule has 0 spiro atoms. The lowest BCUT2D eigenvalue weighted by Gasteiger charge is -2.17. The summed E-state index contributed by atoms with van der Waals surface area (Å²) in [5.41, 5.74) is -0.507. The van der Waals surface area contributed by atoms with Crippen molar-refractivity contribution in [3.05, 3.63) is 22.7 Å². The molecule has 0 aromatic carbocycles. The largest absolute Gasteiger partial charge is 0.463 e. The molecule has 0 radical (unpaired) electrons. The minimum absolute atomic E-state index is 0.0668. The van der Waals surface area contributed by atoms with Gasteiger partial charge in [0.15, 0.2) is 0 Å². The van der Waals surface area contributed by atoms with E-state index in [9.17, 15) is 14.4 Å². The van der Waals surface area contributed by atoms with Crippen LogP contribution in [0, 0.1) is 0 Å². The molecule has 2 heterocycles. The molecule has 0 bridgehead atoms. The highest BCUT2D eigenvalue weighted by Crippen LogP contribution is 2.30. The topological polar surface area (TPSA) is 118 Å². The molecule has 26 heavy (non-hydrogen) atoms. The molecule has 1 aromatic rings. The summed E-state index contributed by atoms with van der Waals surface area (Å²) in [6.07, 6.45) is -0.145. The molecule has 1 N–H and O–H groups in total. The van der Waals surface area contributed by atoms with Gasteiger partial charge in [-0.2, -0.15) is 4.98 Å². The van der Waals surface area contributed by atoms with E-state index in [1.165, 1.54) is 18.4 Å². The van der Waals surface area contributed by atoms with Crippen LogP contribution in [0.3, 0.4) is 0 Å². The third-order valence-electron chi connectivity index (χ3n) is 3.70. The fraction of sp³-hybridized carbons (Fsp3) is 0.625. The molecule has 2 rings (SSSR count). The number of carbonyl (C=O) groups excluding carboxylic acids is 2. The maximum Gasteiger partial charge on any atom is 0.351 e. The Labute approximate surface area is 150 Å². The van der Waals surface area contributed by atoms with Gasteiger partial charge in [-0.1, -0.05) is 0 Å². The standard InChI is InChI=1S/C16H23N3O7/c1-10(20)24-9-13-12(25-11(2)21)8-15(26-13)19-6-4-14(18-16(19)22)17-5-7-23-3/h4,6,12-13,15H,5,7-9H2,1-3H3,(H,17,18,22). The van der Waals surface area contributed by atoms with Crippen LogP contribution in [0.5, 0.6) is 0 Å². The van der Waals surface area contributed by atoms with E-state index in [1.807, 2.05) is 0 Å². The highest BCUT2D eigenvalue weighted by molar-refractivity contribution is 5.66. The summed E-state index contributed by atoms with van der Waals surface area (Å²) in [5, 5.41) is 2.96. The van der Waals surface area contributed by atoms with Gasteiger partial charge >= 0.3 is 17.6 Å². The van der Waals surface area contributed by atoms with Gasteiger partial charge in [-0.3, -0.25) is 14.2 Å². The van der Waals surface area contributed by atoms with Gasteiger partial charge in [0.25, 0.3) is 0 Å². The van der Waals surface area contributed by atoms with Crippen LogP contribution in [0.2, 0.25) is 0 Å². The van der Waals surface area contributed by atoms with Crippen molar-refractivity contribution in [1.29, 1.82) is 0 Å². The molecule has 0 saturated carbocycles. The number of ether oxygens (including phenoxy) is 4. The summed E-state index contributed by atoms with van der Waals surface area (Å²) in [5.74, 6) is -0.520. The Kier molecular flexibility index (Phi) is 7.10. The van der Waals surface area contributed by atoms with Crippen molar-refractivity contribution in [2.24, 2.45) is 0 Å². The predicted octanol–water partition coefficient (Wildman–Crippen LogP) is 0.0839. The average molecular weight is 369 g/mol. The second-order valence-corrected chi connectivity index (χ2v) is 5.74. The summed E-state index contributed by atoms with van der Waals surface area (Å²) < 4.78 is 22.2. The van der Waals surface area contributed by atoms with E-state index in [1.54, 1.807) is 19.4 Å². The number of rotatable bonds is 8. The van der Waals surface area contributed by atoms with Crippen LogP contribution < -0.4 is 11.0 Å². The Bertz CT molecular complexity index is 691. The van der Waals surface area contributed by atoms with Gasteiger partial charge < -0.3 is 24.3 Å². The summed E-state index contributed by atoms with van der Waals surface area (Å²) in [6, 6.07) is 1.64. The minimum atomic E-state index is -0.673. The Balaban J connectivity index is 2.08. The number of esters is 2. The Morgan fingerprint density at radius 3 is 2.77 bits per heavy atom. The van der Waals surface area contributed by atoms with E-state index in [-0.39, 0.29) is 13.0 Å². The van der Waals surface area contributed by atoms with Crippen LogP contribution in [-0.2, 0) is 28.5 Å². The molecular formula is C16H23N3O7. The van der Waals surface area contributed by atoms with E-state index in [2.05, 4.69) is 10.3 Å². The summed E-state index contributed by atoms with van der Waals surface area (Å²) in [7, 11) is 1.58. The molecule has 1 aliphatic heterocycles. The maximum atomic E-state index is 12.3. The van der Waals surface area contributed by atoms with E-state index in [0.717, 1.165) is 0 Å². The summed E-state index contributed by atoms with van der Waals surface area (Å²) in [6.45, 7) is 3.49. The van der Waals surface area contributed by atoms with Crippen LogP contribution in [0.25, 0.3) is 0 Å². The van der Waals surface area contributed by atoms with E-state index in [0.29, 0.717) is 19.0 Å². The van der Waals surface area contributed by atoms with Gasteiger partial charge in [-0.05, 0) is 6.07 Å². The normalized spacial score (nSPS) is 22.0. The molecule has 3 unspecified atom stereocenters. The minimum Gasteiger partial charge on any atom is -0.463 e. The SMILES string of the molecule is COCCNc1ccn(C2CC(OC(C)=O)C(COC(C)=O)O2)c(=O)n1. The number of methoxy groups -OCH3 is 1. The monoisotopic (exact) mass is 369 g/mol. The number of nitrogens with one attached hydrogen (secondary N) is 1. The van der Waals surface area contributed by atoms with E-state index in [4.69, 9.17) is 18.9 Å². The highest BCUT2D eigenvalue weighted by Gasteiger charge is 2.39. The zero-order valence-electron chi connectivity index (χ0n) is 15.0. The van der Waals surface area contributed by atoms with Gasteiger partial charge in [0.1, 0.15) is 30.9 Å². The fourth-order valence-electron chi connectivity index (χ4n) is 2.57. The zero-order chi connectivity index (χ0) is 19.1. The molecule has 144 valence electrons. The molecule has 10 nitrogen and oxygen atoms in total. The van der Waals surface area contributed by atoms with E-state index >= 15 is 0 Å². The number of nitrogens with zero attached hydrogens (tertiary/aromatic N) is 2. The average Bonchev–Trinajstić information content (AvgIpc) is 2.95. The first-order valence-electron chi connectivity index (χ1n) is 8.18. The van der Waals surface area contributed by atoms with Gasteiger partial charge in [0.05, 0.1) is 6.61 Å². The number of carbonyl (C=O) groups is 2. The smallest absolute Gasteiger partial charge is 0.351 e. The fourth-order valence-corrected chi connectivity index (χ4v) is 2.57. The predicted molar refractivity (Wildman–Crippen MR) is 89.6 cm³/mol. The van der Waals surface area contributed by atoms with Crippen molar-refractivity contribution >= 4 is 17.8 Å². The van der Waals surface area contributed by atoms with Crippen LogP contribution >= 0.6 is 0 Å². The van der Waals surface area contributed by atoms with Crippen molar-refractivity contribution in [2.45, 2.75) is 38.7 Å². The van der Waals surface area contributed by atoms with E-state index < -0.39 is 36.1 Å². The third-order valence-corrected chi connectivity index (χ3v) is 3.70. The van der Waals surface area contributed by atoms with Crippen LogP contribution in [0.15, 0.2) is 17.1 Å². The maximum absolute atomic E-state index is 12.3. The summed E-state index contributed by atoms with van der Waals surface area (Å²) >= 11 is 0. The number of hydrogen-bond donors (Lipinski definition) is 1. The molecule has 3 atom stereocenters. The molecule has 1 aliphatic rings. The highest BCUT2D eigenvalue weighted by atomic mass is 16.6. The first-order chi connectivity index (χ1) is 12.4. The van der Waals surface area contributed by atoms with Crippen LogP contribution in [-0.4, -0.2) is 60.6 Å². The van der Waals surface area contributed by atoms with Crippen molar-refractivity contribution in [1.82, 2.24) is 9.55 Å². The number of hydrogen-bond acceptors (Lipinski definition) is 9. The quantitative estimate of drug-likeness (QED) is 0.502. The lowest BCUT2D eigenvalue weighted by Crippen LogP contribution is -2.31. The first-order valence-corrected chi connectivity index (χ1v) is 8.18. The lowest BCUT2D eigenvalue weighted by atomic mass is 10.2. The Hall–Kier alpha value is -2.46. The Morgan fingerprint density at radius 2 is 2.15 bits per heavy atom. The first kappa shape index (κ1) is 19.9. The Morgan fingerprint density at radius 1 is 1.38 bits per heavy atom. The second kappa shape index (κ2) is 9.30. The molecular weight excluding hydrogens is 346 g/mol. The third kappa shape index (κ3) is 5.53. The second-order valence-electron chi connectivity index (χ2n) is 5.74. The zero-order valence-corrected chi connectivity index (χ0v) is 15.0. The van der Waals surface area contributed by atoms with Crippen LogP contribution in [0.4, 0.5) is 5.82 Å². The molecule has 0 aliphatic carbocycles. The number of anilines is 1. The van der Waals surface area contributed by atoms with Crippen LogP contribution in [0.1, 0.15) is 26.5 Å². The van der Waals surface area contributed by atoms with Crippen molar-refractivity contribution < 1.29 is 28.5 Å². The molecule has 1 saturated heterocycles. The molecule has 10 heteroatoms. The van der Waals surface area contributed by atoms with Gasteiger partial charge in [-0.25, -0.2) is 4.79 Å². The van der Waals surface area contributed by atoms with Gasteiger partial charge in [0.2, 0.25) is 0 Å². The molecule has 1 aromatic heterocycles. The summed E-state index contributed by atoms with van der Waals surface area (Å²) in [4.78, 5) is 38.5. The van der Waals surface area contributed by atoms with Crippen molar-refractivity contribution in [3.63, 3.8) is 0 Å². The number of aromatic nitrogens is 2. The van der Waals surface area contributed by atoms with Gasteiger partial charge in [0, 0.05) is 40.1 Å². The van der Waals surface area contributed by atoms with Crippen molar-refractivity contribution in [2.75, 3.05) is 32.2 Å². The molecule has 1 fully saturated rings. The lowest BCUT2D eigenvalue weighted by molar-refractivity contribution is -0.155. The van der Waals surface area contributed by atoms with Crippen molar-refractivity contribution in [3.8, 4) is 0 Å². The molecule has 0 amide bonds.